The number of carbonyl (C=O) groups is 1. The van der Waals surface area contributed by atoms with Gasteiger partial charge < -0.3 is 19.0 Å². The number of benzene rings is 1. The summed E-state index contributed by atoms with van der Waals surface area (Å²) in [6.07, 6.45) is 0. The van der Waals surface area contributed by atoms with Gasteiger partial charge in [-0.15, -0.1) is 0 Å². The number of methoxy groups -OCH3 is 2. The van der Waals surface area contributed by atoms with Crippen molar-refractivity contribution in [2.24, 2.45) is 0 Å². The number of rotatable bonds is 3. The van der Waals surface area contributed by atoms with Gasteiger partial charge in [0.25, 0.3) is 0 Å². The third kappa shape index (κ3) is 1.69. The van der Waals surface area contributed by atoms with Gasteiger partial charge in [-0.25, -0.2) is 4.79 Å². The highest BCUT2D eigenvalue weighted by molar-refractivity contribution is 5.96. The van der Waals surface area contributed by atoms with Gasteiger partial charge in [-0.1, -0.05) is 0 Å². The molecule has 0 saturated heterocycles. The summed E-state index contributed by atoms with van der Waals surface area (Å²) < 4.78 is 15.4. The van der Waals surface area contributed by atoms with Crippen LogP contribution in [0.15, 0.2) is 16.5 Å². The van der Waals surface area contributed by atoms with Gasteiger partial charge in [0.1, 0.15) is 5.58 Å². The summed E-state index contributed by atoms with van der Waals surface area (Å²) in [6, 6.07) is 3.22. The van der Waals surface area contributed by atoms with Crippen LogP contribution in [0.25, 0.3) is 11.0 Å². The van der Waals surface area contributed by atoms with E-state index in [0.717, 1.165) is 0 Å². The van der Waals surface area contributed by atoms with Crippen LogP contribution in [0.3, 0.4) is 0 Å². The third-order valence-electron chi connectivity index (χ3n) is 2.49. The van der Waals surface area contributed by atoms with Gasteiger partial charge in [-0.3, -0.25) is 0 Å². The minimum absolute atomic E-state index is 0.171. The molecule has 5 nitrogen and oxygen atoms in total. The maximum atomic E-state index is 10.9. The van der Waals surface area contributed by atoms with E-state index in [-0.39, 0.29) is 5.76 Å². The van der Waals surface area contributed by atoms with Crippen LogP contribution in [0, 0.1) is 6.92 Å². The van der Waals surface area contributed by atoms with E-state index >= 15 is 0 Å². The molecule has 0 aliphatic rings. The first kappa shape index (κ1) is 11.3. The maximum absolute atomic E-state index is 10.9. The molecule has 1 heterocycles. The van der Waals surface area contributed by atoms with E-state index in [9.17, 15) is 4.79 Å². The first-order valence-corrected chi connectivity index (χ1v) is 4.82. The fourth-order valence-corrected chi connectivity index (χ4v) is 1.65. The Labute approximate surface area is 97.6 Å². The molecule has 17 heavy (non-hydrogen) atoms. The Morgan fingerprint density at radius 2 is 1.88 bits per heavy atom. The van der Waals surface area contributed by atoms with Gasteiger partial charge in [0, 0.05) is 17.0 Å². The number of fused-ring (bicyclic) bond motifs is 1. The largest absolute Gasteiger partial charge is 0.493 e. The van der Waals surface area contributed by atoms with Crippen molar-refractivity contribution in [3.8, 4) is 11.5 Å². The van der Waals surface area contributed by atoms with Crippen LogP contribution in [0.2, 0.25) is 0 Å². The molecule has 0 aliphatic heterocycles. The van der Waals surface area contributed by atoms with Crippen LogP contribution < -0.4 is 9.47 Å². The summed E-state index contributed by atoms with van der Waals surface area (Å²) in [6.45, 7) is 3.69. The van der Waals surface area contributed by atoms with E-state index in [2.05, 4.69) is 6.92 Å². The molecule has 2 aromatic rings. The molecule has 0 amide bonds. The Balaban J connectivity index is 2.75. The molecular formula is C12H11O5. The van der Waals surface area contributed by atoms with Crippen molar-refractivity contribution in [1.29, 1.82) is 0 Å². The predicted octanol–water partition coefficient (Wildman–Crippen LogP) is 2.33. The summed E-state index contributed by atoms with van der Waals surface area (Å²) in [5.41, 5.74) is 0.735. The zero-order valence-electron chi connectivity index (χ0n) is 9.44. The summed E-state index contributed by atoms with van der Waals surface area (Å²) >= 11 is 0. The third-order valence-corrected chi connectivity index (χ3v) is 2.49. The molecule has 1 radical (unpaired) electrons. The molecule has 2 rings (SSSR count). The average Bonchev–Trinajstić information content (AvgIpc) is 2.64. The molecule has 0 spiro atoms. The lowest BCUT2D eigenvalue weighted by atomic mass is 10.1. The topological polar surface area (TPSA) is 68.9 Å². The quantitative estimate of drug-likeness (QED) is 0.884. The number of carboxylic acid groups (broad SMARTS) is 1. The average molecular weight is 235 g/mol. The zero-order valence-corrected chi connectivity index (χ0v) is 9.44. The van der Waals surface area contributed by atoms with Gasteiger partial charge in [-0.05, 0) is 13.0 Å². The minimum atomic E-state index is -1.15. The number of aromatic carboxylic acids is 1. The number of hydrogen-bond acceptors (Lipinski definition) is 4. The standard InChI is InChI=1S/C12H11O5/c1-6-7-4-9(15-2)10(16-3)5-8(7)17-11(6)12(13)14/h4-5H,1H2,2-3H3,(H,13,14). The second-order valence-electron chi connectivity index (χ2n) is 3.42. The first-order chi connectivity index (χ1) is 8.08. The smallest absolute Gasteiger partial charge is 0.372 e. The predicted molar refractivity (Wildman–Crippen MR) is 60.7 cm³/mol. The summed E-state index contributed by atoms with van der Waals surface area (Å²) in [5.74, 6) is -0.340. The second-order valence-corrected chi connectivity index (χ2v) is 3.42. The van der Waals surface area contributed by atoms with Crippen molar-refractivity contribution < 1.29 is 23.8 Å². The molecule has 89 valence electrons. The Bertz CT molecular complexity index is 582. The SMILES string of the molecule is [CH2]c1c(C(=O)O)oc2cc(OC)c(OC)cc12. The van der Waals surface area contributed by atoms with Crippen molar-refractivity contribution in [2.45, 2.75) is 0 Å². The Morgan fingerprint density at radius 1 is 1.29 bits per heavy atom. The molecule has 0 aliphatic carbocycles. The van der Waals surface area contributed by atoms with E-state index in [1.807, 2.05) is 0 Å². The van der Waals surface area contributed by atoms with Gasteiger partial charge in [-0.2, -0.15) is 0 Å². The van der Waals surface area contributed by atoms with Crippen molar-refractivity contribution in [2.75, 3.05) is 14.2 Å². The number of hydrogen-bond donors (Lipinski definition) is 1. The van der Waals surface area contributed by atoms with Gasteiger partial charge in [0.05, 0.1) is 14.2 Å². The van der Waals surface area contributed by atoms with E-state index < -0.39 is 5.97 Å². The van der Waals surface area contributed by atoms with E-state index in [0.29, 0.717) is 28.0 Å². The lowest BCUT2D eigenvalue weighted by Crippen LogP contribution is -1.95. The summed E-state index contributed by atoms with van der Waals surface area (Å²) in [5, 5.41) is 9.52. The van der Waals surface area contributed by atoms with Gasteiger partial charge in [0.15, 0.2) is 11.5 Å². The number of ether oxygens (including phenoxy) is 2. The van der Waals surface area contributed by atoms with Crippen molar-refractivity contribution in [3.63, 3.8) is 0 Å². The first-order valence-electron chi connectivity index (χ1n) is 4.82. The summed E-state index contributed by atoms with van der Waals surface area (Å²) in [4.78, 5) is 10.9. The fourth-order valence-electron chi connectivity index (χ4n) is 1.65. The Kier molecular flexibility index (Phi) is 2.67. The molecule has 0 saturated carbocycles. The van der Waals surface area contributed by atoms with Gasteiger partial charge in [0.2, 0.25) is 5.76 Å². The lowest BCUT2D eigenvalue weighted by molar-refractivity contribution is 0.0664. The van der Waals surface area contributed by atoms with Crippen molar-refractivity contribution in [1.82, 2.24) is 0 Å². The molecule has 0 unspecified atom stereocenters. The highest BCUT2D eigenvalue weighted by Gasteiger charge is 2.19. The van der Waals surface area contributed by atoms with Crippen LogP contribution in [-0.2, 0) is 0 Å². The van der Waals surface area contributed by atoms with Gasteiger partial charge >= 0.3 is 5.97 Å². The molecule has 1 N–H and O–H groups in total. The highest BCUT2D eigenvalue weighted by Crippen LogP contribution is 2.35. The van der Waals surface area contributed by atoms with Crippen LogP contribution in [0.4, 0.5) is 0 Å². The summed E-state index contributed by atoms with van der Waals surface area (Å²) in [7, 11) is 3.00. The minimum Gasteiger partial charge on any atom is -0.493 e. The lowest BCUT2D eigenvalue weighted by Gasteiger charge is -2.06. The van der Waals surface area contributed by atoms with Crippen LogP contribution in [-0.4, -0.2) is 25.3 Å². The van der Waals surface area contributed by atoms with Crippen LogP contribution in [0.5, 0.6) is 11.5 Å². The Morgan fingerprint density at radius 3 is 2.41 bits per heavy atom. The number of carboxylic acids is 1. The number of furan rings is 1. The fraction of sp³-hybridized carbons (Fsp3) is 0.167. The maximum Gasteiger partial charge on any atom is 0.372 e. The molecule has 0 atom stereocenters. The molecule has 1 aromatic heterocycles. The van der Waals surface area contributed by atoms with Crippen LogP contribution in [0.1, 0.15) is 16.1 Å². The van der Waals surface area contributed by atoms with E-state index in [1.54, 1.807) is 12.1 Å². The Hall–Kier alpha value is -2.17. The monoisotopic (exact) mass is 235 g/mol. The molecule has 0 fully saturated rings. The normalized spacial score (nSPS) is 10.5. The highest BCUT2D eigenvalue weighted by atomic mass is 16.5. The van der Waals surface area contributed by atoms with E-state index in [4.69, 9.17) is 19.0 Å². The zero-order chi connectivity index (χ0) is 12.6. The van der Waals surface area contributed by atoms with Crippen molar-refractivity contribution >= 4 is 16.9 Å². The molecule has 5 heteroatoms. The van der Waals surface area contributed by atoms with Crippen LogP contribution >= 0.6 is 0 Å². The molecular weight excluding hydrogens is 224 g/mol. The molecule has 1 aromatic carbocycles. The van der Waals surface area contributed by atoms with Crippen molar-refractivity contribution in [3.05, 3.63) is 30.4 Å². The second kappa shape index (κ2) is 4.01. The molecule has 0 bridgehead atoms. The van der Waals surface area contributed by atoms with E-state index in [1.165, 1.54) is 14.2 Å².